The summed E-state index contributed by atoms with van der Waals surface area (Å²) in [4.78, 5) is 34.9. The van der Waals surface area contributed by atoms with E-state index in [0.717, 1.165) is 12.0 Å². The molecule has 136 valence electrons. The lowest BCUT2D eigenvalue weighted by Crippen LogP contribution is -2.22. The predicted octanol–water partition coefficient (Wildman–Crippen LogP) is 1.91. The van der Waals surface area contributed by atoms with Crippen molar-refractivity contribution in [2.24, 2.45) is 5.73 Å². The van der Waals surface area contributed by atoms with Crippen LogP contribution >= 0.6 is 0 Å². The van der Waals surface area contributed by atoms with Gasteiger partial charge in [-0.25, -0.2) is 4.79 Å². The lowest BCUT2D eigenvalue weighted by atomic mass is 10.1. The van der Waals surface area contributed by atoms with Gasteiger partial charge < -0.3 is 20.5 Å². The fourth-order valence-corrected chi connectivity index (χ4v) is 2.14. The third kappa shape index (κ3) is 5.62. The Labute approximate surface area is 151 Å². The van der Waals surface area contributed by atoms with Crippen molar-refractivity contribution >= 4 is 23.5 Å². The summed E-state index contributed by atoms with van der Waals surface area (Å²) < 4.78 is 10.2. The van der Waals surface area contributed by atoms with Crippen LogP contribution in [0.1, 0.15) is 22.8 Å². The molecular weight excluding hydrogens is 336 g/mol. The number of benzene rings is 2. The monoisotopic (exact) mass is 356 g/mol. The van der Waals surface area contributed by atoms with Gasteiger partial charge in [-0.15, -0.1) is 0 Å². The van der Waals surface area contributed by atoms with Gasteiger partial charge in [0.05, 0.1) is 0 Å². The minimum Gasteiger partial charge on any atom is -0.483 e. The van der Waals surface area contributed by atoms with Crippen LogP contribution < -0.4 is 15.8 Å². The molecule has 2 aromatic carbocycles. The molecule has 0 aromatic heterocycles. The maximum absolute atomic E-state index is 12.2. The van der Waals surface area contributed by atoms with E-state index in [1.54, 1.807) is 24.3 Å². The van der Waals surface area contributed by atoms with Gasteiger partial charge >= 0.3 is 5.97 Å². The van der Waals surface area contributed by atoms with Gasteiger partial charge in [0, 0.05) is 5.69 Å². The molecule has 0 aliphatic carbocycles. The highest BCUT2D eigenvalue weighted by atomic mass is 16.5. The normalized spacial score (nSPS) is 10.0. The van der Waals surface area contributed by atoms with Gasteiger partial charge in [0.25, 0.3) is 11.8 Å². The molecule has 3 N–H and O–H groups in total. The average Bonchev–Trinajstić information content (AvgIpc) is 2.65. The van der Waals surface area contributed by atoms with E-state index in [-0.39, 0.29) is 17.9 Å². The third-order valence-electron chi connectivity index (χ3n) is 3.46. The molecule has 0 aliphatic heterocycles. The summed E-state index contributed by atoms with van der Waals surface area (Å²) in [5, 5.41) is 2.65. The quantitative estimate of drug-likeness (QED) is 0.703. The van der Waals surface area contributed by atoms with Crippen molar-refractivity contribution in [1.82, 2.24) is 0 Å². The minimum atomic E-state index is -0.735. The van der Waals surface area contributed by atoms with Gasteiger partial charge in [-0.2, -0.15) is 0 Å². The Hall–Kier alpha value is -3.35. The van der Waals surface area contributed by atoms with E-state index in [1.165, 1.54) is 12.1 Å². The van der Waals surface area contributed by atoms with Gasteiger partial charge in [-0.05, 0) is 36.2 Å². The summed E-state index contributed by atoms with van der Waals surface area (Å²) in [6.45, 7) is 1.23. The van der Waals surface area contributed by atoms with E-state index >= 15 is 0 Å². The standard InChI is InChI=1S/C19H20N2O5/c1-2-13-7-9-14(10-8-13)21-18(23)12-26-19(24)15-5-3-4-6-16(15)25-11-17(20)22/h3-10H,2,11-12H2,1H3,(H2,20,22)(H,21,23). The van der Waals surface area contributed by atoms with Crippen LogP contribution in [0.25, 0.3) is 0 Å². The van der Waals surface area contributed by atoms with Gasteiger partial charge in [0.15, 0.2) is 13.2 Å². The highest BCUT2D eigenvalue weighted by molar-refractivity contribution is 5.96. The Bertz CT molecular complexity index is 787. The molecule has 7 heteroatoms. The molecule has 26 heavy (non-hydrogen) atoms. The molecular formula is C19H20N2O5. The SMILES string of the molecule is CCc1ccc(NC(=O)COC(=O)c2ccccc2OCC(N)=O)cc1. The van der Waals surface area contributed by atoms with Crippen molar-refractivity contribution in [3.63, 3.8) is 0 Å². The number of primary amides is 1. The molecule has 2 rings (SSSR count). The number of hydrogen-bond acceptors (Lipinski definition) is 5. The Morgan fingerprint density at radius 3 is 2.35 bits per heavy atom. The number of ether oxygens (including phenoxy) is 2. The van der Waals surface area contributed by atoms with Crippen molar-refractivity contribution in [3.8, 4) is 5.75 Å². The molecule has 0 atom stereocenters. The minimum absolute atomic E-state index is 0.105. The number of nitrogens with two attached hydrogens (primary N) is 1. The number of carbonyl (C=O) groups is 3. The van der Waals surface area contributed by atoms with Crippen LogP contribution in [0.4, 0.5) is 5.69 Å². The lowest BCUT2D eigenvalue weighted by Gasteiger charge is -2.10. The van der Waals surface area contributed by atoms with Crippen LogP contribution in [-0.4, -0.2) is 31.0 Å². The molecule has 2 aromatic rings. The van der Waals surface area contributed by atoms with Crippen molar-refractivity contribution in [1.29, 1.82) is 0 Å². The molecule has 0 bridgehead atoms. The first-order valence-electron chi connectivity index (χ1n) is 8.05. The molecule has 0 radical (unpaired) electrons. The van der Waals surface area contributed by atoms with Crippen molar-refractivity contribution in [2.45, 2.75) is 13.3 Å². The van der Waals surface area contributed by atoms with Crippen LogP contribution in [0.15, 0.2) is 48.5 Å². The van der Waals surface area contributed by atoms with Gasteiger partial charge in [0.1, 0.15) is 11.3 Å². The van der Waals surface area contributed by atoms with Gasteiger partial charge in [0.2, 0.25) is 0 Å². The molecule has 0 aliphatic rings. The zero-order valence-electron chi connectivity index (χ0n) is 14.4. The fourth-order valence-electron chi connectivity index (χ4n) is 2.14. The molecule has 2 amide bonds. The molecule has 0 heterocycles. The summed E-state index contributed by atoms with van der Waals surface area (Å²) in [6.07, 6.45) is 0.906. The Kier molecular flexibility index (Phi) is 6.73. The first-order valence-corrected chi connectivity index (χ1v) is 8.05. The molecule has 0 unspecified atom stereocenters. The van der Waals surface area contributed by atoms with Crippen molar-refractivity contribution < 1.29 is 23.9 Å². The maximum Gasteiger partial charge on any atom is 0.342 e. The van der Waals surface area contributed by atoms with Gasteiger partial charge in [-0.3, -0.25) is 9.59 Å². The molecule has 7 nitrogen and oxygen atoms in total. The van der Waals surface area contributed by atoms with Crippen LogP contribution in [0.3, 0.4) is 0 Å². The first-order chi connectivity index (χ1) is 12.5. The number of para-hydroxylation sites is 1. The highest BCUT2D eigenvalue weighted by Gasteiger charge is 2.16. The third-order valence-corrected chi connectivity index (χ3v) is 3.46. The highest BCUT2D eigenvalue weighted by Crippen LogP contribution is 2.19. The Balaban J connectivity index is 1.91. The number of esters is 1. The summed E-state index contributed by atoms with van der Waals surface area (Å²) in [5.74, 6) is -1.70. The number of carbonyl (C=O) groups excluding carboxylic acids is 3. The van der Waals surface area contributed by atoms with Gasteiger partial charge in [-0.1, -0.05) is 31.2 Å². The number of rotatable bonds is 8. The second-order valence-electron chi connectivity index (χ2n) is 5.43. The van der Waals surface area contributed by atoms with Crippen molar-refractivity contribution in [2.75, 3.05) is 18.5 Å². The molecule has 0 saturated carbocycles. The van der Waals surface area contributed by atoms with Crippen LogP contribution in [0.5, 0.6) is 5.75 Å². The summed E-state index contributed by atoms with van der Waals surface area (Å²) in [5.41, 5.74) is 6.90. The van der Waals surface area contributed by atoms with Crippen molar-refractivity contribution in [3.05, 3.63) is 59.7 Å². The molecule has 0 saturated heterocycles. The van der Waals surface area contributed by atoms with Crippen LogP contribution in [0.2, 0.25) is 0 Å². The zero-order chi connectivity index (χ0) is 18.9. The number of amides is 2. The maximum atomic E-state index is 12.2. The van der Waals surface area contributed by atoms with E-state index < -0.39 is 24.4 Å². The smallest absolute Gasteiger partial charge is 0.342 e. The van der Waals surface area contributed by atoms with Crippen LogP contribution in [-0.2, 0) is 20.7 Å². The molecule has 0 fully saturated rings. The lowest BCUT2D eigenvalue weighted by molar-refractivity contribution is -0.120. The summed E-state index contributed by atoms with van der Waals surface area (Å²) >= 11 is 0. The van der Waals surface area contributed by atoms with E-state index in [4.69, 9.17) is 15.2 Å². The first kappa shape index (κ1) is 19.0. The number of nitrogens with one attached hydrogen (secondary N) is 1. The summed E-state index contributed by atoms with van der Waals surface area (Å²) in [6, 6.07) is 13.6. The number of hydrogen-bond donors (Lipinski definition) is 2. The fraction of sp³-hybridized carbons (Fsp3) is 0.211. The van der Waals surface area contributed by atoms with E-state index in [2.05, 4.69) is 5.32 Å². The largest absolute Gasteiger partial charge is 0.483 e. The Morgan fingerprint density at radius 1 is 1.00 bits per heavy atom. The Morgan fingerprint density at radius 2 is 1.69 bits per heavy atom. The average molecular weight is 356 g/mol. The van der Waals surface area contributed by atoms with E-state index in [0.29, 0.717) is 5.69 Å². The molecule has 0 spiro atoms. The second kappa shape index (κ2) is 9.22. The second-order valence-corrected chi connectivity index (χ2v) is 5.43. The number of anilines is 1. The summed E-state index contributed by atoms with van der Waals surface area (Å²) in [7, 11) is 0. The van der Waals surface area contributed by atoms with Crippen LogP contribution in [0, 0.1) is 0 Å². The van der Waals surface area contributed by atoms with E-state index in [1.807, 2.05) is 19.1 Å². The predicted molar refractivity (Wildman–Crippen MR) is 95.9 cm³/mol. The number of aryl methyl sites for hydroxylation is 1. The van der Waals surface area contributed by atoms with E-state index in [9.17, 15) is 14.4 Å². The zero-order valence-corrected chi connectivity index (χ0v) is 14.4. The topological polar surface area (TPSA) is 108 Å².